The minimum absolute atomic E-state index is 0.485. The summed E-state index contributed by atoms with van der Waals surface area (Å²) in [5, 5.41) is 4.54. The standard InChI is InChI=1S/C13H19Cl2NO/c1-4-9(3)16-8-10-6-11(14)13(17-5-2)12(15)7-10/h6-7,9,16H,4-5,8H2,1-3H3/t9-/m0/s1. The van der Waals surface area contributed by atoms with Crippen molar-refractivity contribution in [2.45, 2.75) is 39.8 Å². The molecule has 0 saturated carbocycles. The van der Waals surface area contributed by atoms with Gasteiger partial charge in [-0.1, -0.05) is 30.1 Å². The number of nitrogens with one attached hydrogen (secondary N) is 1. The third-order valence-corrected chi connectivity index (χ3v) is 3.18. The summed E-state index contributed by atoms with van der Waals surface area (Å²) in [7, 11) is 0. The molecule has 2 nitrogen and oxygen atoms in total. The molecule has 1 atom stereocenters. The summed E-state index contributed by atoms with van der Waals surface area (Å²) < 4.78 is 5.38. The molecule has 0 aromatic heterocycles. The Morgan fingerprint density at radius 2 is 1.82 bits per heavy atom. The molecule has 0 aliphatic rings. The maximum Gasteiger partial charge on any atom is 0.156 e. The van der Waals surface area contributed by atoms with Crippen molar-refractivity contribution in [3.05, 3.63) is 27.7 Å². The molecule has 0 unspecified atom stereocenters. The highest BCUT2D eigenvalue weighted by atomic mass is 35.5. The number of rotatable bonds is 6. The summed E-state index contributed by atoms with van der Waals surface area (Å²) in [6.45, 7) is 7.53. The Morgan fingerprint density at radius 3 is 2.29 bits per heavy atom. The molecule has 1 rings (SSSR count). The lowest BCUT2D eigenvalue weighted by Crippen LogP contribution is -2.24. The van der Waals surface area contributed by atoms with Crippen molar-refractivity contribution in [2.75, 3.05) is 6.61 Å². The van der Waals surface area contributed by atoms with E-state index in [4.69, 9.17) is 27.9 Å². The average Bonchev–Trinajstić information content (AvgIpc) is 2.30. The van der Waals surface area contributed by atoms with Gasteiger partial charge in [-0.25, -0.2) is 0 Å². The van der Waals surface area contributed by atoms with E-state index in [-0.39, 0.29) is 0 Å². The van der Waals surface area contributed by atoms with E-state index in [1.165, 1.54) is 0 Å². The van der Waals surface area contributed by atoms with E-state index in [9.17, 15) is 0 Å². The van der Waals surface area contributed by atoms with Gasteiger partial charge in [0.15, 0.2) is 5.75 Å². The summed E-state index contributed by atoms with van der Waals surface area (Å²) in [5.74, 6) is 0.572. The SMILES string of the molecule is CCOc1c(Cl)cc(CN[C@@H](C)CC)cc1Cl. The van der Waals surface area contributed by atoms with Gasteiger partial charge in [-0.2, -0.15) is 0 Å². The molecule has 0 saturated heterocycles. The molecule has 1 aromatic carbocycles. The normalized spacial score (nSPS) is 12.5. The van der Waals surface area contributed by atoms with E-state index in [2.05, 4.69) is 19.2 Å². The van der Waals surface area contributed by atoms with Gasteiger partial charge in [-0.15, -0.1) is 0 Å². The predicted molar refractivity (Wildman–Crippen MR) is 74.2 cm³/mol. The Balaban J connectivity index is 2.76. The molecule has 17 heavy (non-hydrogen) atoms. The summed E-state index contributed by atoms with van der Waals surface area (Å²) >= 11 is 12.3. The van der Waals surface area contributed by atoms with Crippen LogP contribution in [-0.2, 0) is 6.54 Å². The number of hydrogen-bond acceptors (Lipinski definition) is 2. The van der Waals surface area contributed by atoms with Crippen LogP contribution in [0.4, 0.5) is 0 Å². The number of ether oxygens (including phenoxy) is 1. The minimum atomic E-state index is 0.485. The molecular formula is C13H19Cl2NO. The van der Waals surface area contributed by atoms with Gasteiger partial charge in [0, 0.05) is 12.6 Å². The Labute approximate surface area is 113 Å². The monoisotopic (exact) mass is 275 g/mol. The van der Waals surface area contributed by atoms with Gasteiger partial charge in [0.2, 0.25) is 0 Å². The molecule has 0 bridgehead atoms. The van der Waals surface area contributed by atoms with Crippen LogP contribution in [0, 0.1) is 0 Å². The number of halogens is 2. The fourth-order valence-electron chi connectivity index (χ4n) is 1.43. The van der Waals surface area contributed by atoms with Crippen LogP contribution >= 0.6 is 23.2 Å². The molecule has 0 amide bonds. The zero-order valence-corrected chi connectivity index (χ0v) is 12.0. The highest BCUT2D eigenvalue weighted by Gasteiger charge is 2.09. The Hall–Kier alpha value is -0.440. The molecule has 0 spiro atoms. The van der Waals surface area contributed by atoms with Crippen LogP contribution in [0.3, 0.4) is 0 Å². The van der Waals surface area contributed by atoms with Crippen molar-refractivity contribution < 1.29 is 4.74 Å². The van der Waals surface area contributed by atoms with Crippen molar-refractivity contribution in [3.63, 3.8) is 0 Å². The largest absolute Gasteiger partial charge is 0.491 e. The first kappa shape index (κ1) is 14.6. The van der Waals surface area contributed by atoms with Crippen LogP contribution < -0.4 is 10.1 Å². The van der Waals surface area contributed by atoms with Gasteiger partial charge in [-0.05, 0) is 38.0 Å². The van der Waals surface area contributed by atoms with Gasteiger partial charge in [-0.3, -0.25) is 0 Å². The molecular weight excluding hydrogens is 257 g/mol. The molecule has 0 radical (unpaired) electrons. The quantitative estimate of drug-likeness (QED) is 0.837. The van der Waals surface area contributed by atoms with E-state index in [0.29, 0.717) is 28.4 Å². The summed E-state index contributed by atoms with van der Waals surface area (Å²) in [6.07, 6.45) is 1.10. The molecule has 96 valence electrons. The van der Waals surface area contributed by atoms with Gasteiger partial charge in [0.05, 0.1) is 16.7 Å². The lowest BCUT2D eigenvalue weighted by molar-refractivity contribution is 0.340. The Morgan fingerprint density at radius 1 is 1.24 bits per heavy atom. The van der Waals surface area contributed by atoms with Gasteiger partial charge < -0.3 is 10.1 Å². The van der Waals surface area contributed by atoms with Crippen LogP contribution in [0.2, 0.25) is 10.0 Å². The van der Waals surface area contributed by atoms with Gasteiger partial charge in [0.25, 0.3) is 0 Å². The number of benzene rings is 1. The van der Waals surface area contributed by atoms with Crippen molar-refractivity contribution in [1.29, 1.82) is 0 Å². The van der Waals surface area contributed by atoms with E-state index in [1.54, 1.807) is 0 Å². The second-order valence-corrected chi connectivity index (χ2v) is 4.83. The van der Waals surface area contributed by atoms with Crippen LogP contribution in [-0.4, -0.2) is 12.6 Å². The molecule has 1 N–H and O–H groups in total. The van der Waals surface area contributed by atoms with Crippen molar-refractivity contribution >= 4 is 23.2 Å². The van der Waals surface area contributed by atoms with Gasteiger partial charge in [0.1, 0.15) is 0 Å². The lowest BCUT2D eigenvalue weighted by atomic mass is 10.2. The second-order valence-electron chi connectivity index (χ2n) is 4.01. The van der Waals surface area contributed by atoms with Crippen LogP contribution in [0.25, 0.3) is 0 Å². The van der Waals surface area contributed by atoms with Gasteiger partial charge >= 0.3 is 0 Å². The second kappa shape index (κ2) is 7.10. The Kier molecular flexibility index (Phi) is 6.10. The lowest BCUT2D eigenvalue weighted by Gasteiger charge is -2.13. The zero-order valence-electron chi connectivity index (χ0n) is 10.5. The fraction of sp³-hybridized carbons (Fsp3) is 0.538. The Bertz CT molecular complexity index is 345. The summed E-state index contributed by atoms with van der Waals surface area (Å²) in [4.78, 5) is 0. The van der Waals surface area contributed by atoms with Crippen LogP contribution in [0.5, 0.6) is 5.75 Å². The molecule has 1 aromatic rings. The predicted octanol–water partition coefficient (Wildman–Crippen LogP) is 4.28. The fourth-order valence-corrected chi connectivity index (χ4v) is 2.07. The molecule has 0 heterocycles. The van der Waals surface area contributed by atoms with Crippen molar-refractivity contribution in [2.24, 2.45) is 0 Å². The number of hydrogen-bond donors (Lipinski definition) is 1. The minimum Gasteiger partial charge on any atom is -0.491 e. The summed E-state index contributed by atoms with van der Waals surface area (Å²) in [6, 6.07) is 4.28. The third kappa shape index (κ3) is 4.38. The van der Waals surface area contributed by atoms with E-state index < -0.39 is 0 Å². The average molecular weight is 276 g/mol. The topological polar surface area (TPSA) is 21.3 Å². The first-order chi connectivity index (χ1) is 8.08. The van der Waals surface area contributed by atoms with Crippen molar-refractivity contribution in [1.82, 2.24) is 5.32 Å². The smallest absolute Gasteiger partial charge is 0.156 e. The highest BCUT2D eigenvalue weighted by Crippen LogP contribution is 2.34. The zero-order chi connectivity index (χ0) is 12.8. The van der Waals surface area contributed by atoms with Crippen LogP contribution in [0.15, 0.2) is 12.1 Å². The third-order valence-electron chi connectivity index (χ3n) is 2.61. The van der Waals surface area contributed by atoms with E-state index in [0.717, 1.165) is 18.5 Å². The molecule has 0 aliphatic heterocycles. The molecule has 0 fully saturated rings. The van der Waals surface area contributed by atoms with E-state index in [1.807, 2.05) is 19.1 Å². The van der Waals surface area contributed by atoms with Crippen LogP contribution in [0.1, 0.15) is 32.8 Å². The molecule has 0 aliphatic carbocycles. The maximum absolute atomic E-state index is 6.13. The summed E-state index contributed by atoms with van der Waals surface area (Å²) in [5.41, 5.74) is 1.07. The maximum atomic E-state index is 6.13. The first-order valence-electron chi connectivity index (χ1n) is 5.92. The highest BCUT2D eigenvalue weighted by molar-refractivity contribution is 6.37. The van der Waals surface area contributed by atoms with E-state index >= 15 is 0 Å². The van der Waals surface area contributed by atoms with Crippen molar-refractivity contribution in [3.8, 4) is 5.75 Å². The molecule has 4 heteroatoms. The first-order valence-corrected chi connectivity index (χ1v) is 6.68.